The van der Waals surface area contributed by atoms with Crippen LogP contribution < -0.4 is 35.6 Å². The van der Waals surface area contributed by atoms with Gasteiger partial charge in [0.1, 0.15) is 11.9 Å². The molecule has 1 aliphatic carbocycles. The van der Waals surface area contributed by atoms with E-state index in [1.54, 1.807) is 57.4 Å². The lowest BCUT2D eigenvalue weighted by atomic mass is 9.95. The van der Waals surface area contributed by atoms with Crippen molar-refractivity contribution in [3.8, 4) is 39.8 Å². The van der Waals surface area contributed by atoms with Gasteiger partial charge >= 0.3 is 0 Å². The van der Waals surface area contributed by atoms with Crippen LogP contribution in [0.25, 0.3) is 22.5 Å². The Bertz CT molecular complexity index is 1910. The van der Waals surface area contributed by atoms with Crippen molar-refractivity contribution >= 4 is 35.0 Å². The highest BCUT2D eigenvalue weighted by atomic mass is 32.2. The maximum absolute atomic E-state index is 13.9. The van der Waals surface area contributed by atoms with Gasteiger partial charge in [-0.3, -0.25) is 19.5 Å². The van der Waals surface area contributed by atoms with Crippen LogP contribution in [0.5, 0.6) is 17.2 Å². The Labute approximate surface area is 296 Å². The first-order valence-corrected chi connectivity index (χ1v) is 17.8. The SMILES string of the molecule is COc1cc2c(c(OC)c1OC)-c1ccc(NC(CCSC)C(=O)Nc3ccc(-c4n[nH]c(C(C)C)n4)cc3)c(=O)cc1C(NC(C)=O)CC2. The molecule has 264 valence electrons. The molecule has 5 rings (SSSR count). The quantitative estimate of drug-likeness (QED) is 0.132. The number of nitrogens with one attached hydrogen (secondary N) is 4. The summed E-state index contributed by atoms with van der Waals surface area (Å²) in [5.74, 6) is 3.22. The van der Waals surface area contributed by atoms with Gasteiger partial charge in [0.2, 0.25) is 23.0 Å². The highest BCUT2D eigenvalue weighted by molar-refractivity contribution is 7.98. The fraction of sp³-hybridized carbons (Fsp3) is 0.378. The van der Waals surface area contributed by atoms with E-state index in [1.165, 1.54) is 6.92 Å². The van der Waals surface area contributed by atoms with Gasteiger partial charge in [0.15, 0.2) is 17.3 Å². The number of hydrogen-bond donors (Lipinski definition) is 4. The molecule has 1 aliphatic rings. The van der Waals surface area contributed by atoms with Gasteiger partial charge in [0.25, 0.3) is 0 Å². The number of methoxy groups -OCH3 is 3. The summed E-state index contributed by atoms with van der Waals surface area (Å²) in [5, 5.41) is 16.5. The van der Waals surface area contributed by atoms with Crippen molar-refractivity contribution in [2.45, 2.75) is 58.0 Å². The molecule has 2 unspecified atom stereocenters. The number of carbonyl (C=O) groups is 2. The van der Waals surface area contributed by atoms with Crippen molar-refractivity contribution in [3.05, 3.63) is 75.7 Å². The average Bonchev–Trinajstić information content (AvgIpc) is 3.49. The number of amides is 2. The van der Waals surface area contributed by atoms with E-state index in [0.717, 1.165) is 22.5 Å². The maximum atomic E-state index is 13.9. The molecule has 0 saturated carbocycles. The molecule has 50 heavy (non-hydrogen) atoms. The molecule has 4 N–H and O–H groups in total. The summed E-state index contributed by atoms with van der Waals surface area (Å²) in [5.41, 5.74) is 4.38. The number of carbonyl (C=O) groups excluding carboxylic acids is 2. The second kappa shape index (κ2) is 16.1. The number of rotatable bonds is 13. The second-order valence-corrected chi connectivity index (χ2v) is 13.3. The molecule has 0 aliphatic heterocycles. The Morgan fingerprint density at radius 3 is 2.38 bits per heavy atom. The molecular weight excluding hydrogens is 657 g/mol. The first-order valence-electron chi connectivity index (χ1n) is 16.4. The van der Waals surface area contributed by atoms with E-state index in [4.69, 9.17) is 14.2 Å². The molecule has 1 aromatic heterocycles. The third kappa shape index (κ3) is 7.88. The van der Waals surface area contributed by atoms with Crippen molar-refractivity contribution in [3.63, 3.8) is 0 Å². The molecule has 12 nitrogen and oxygen atoms in total. The van der Waals surface area contributed by atoms with Crippen LogP contribution in [-0.4, -0.2) is 66.4 Å². The predicted octanol–water partition coefficient (Wildman–Crippen LogP) is 5.94. The van der Waals surface area contributed by atoms with E-state index < -0.39 is 12.1 Å². The molecule has 2 atom stereocenters. The maximum Gasteiger partial charge on any atom is 0.246 e. The van der Waals surface area contributed by atoms with Crippen molar-refractivity contribution < 1.29 is 23.8 Å². The Hall–Kier alpha value is -5.04. The van der Waals surface area contributed by atoms with Crippen molar-refractivity contribution in [2.75, 3.05) is 44.0 Å². The van der Waals surface area contributed by atoms with E-state index >= 15 is 0 Å². The number of hydrogen-bond acceptors (Lipinski definition) is 10. The molecule has 1 heterocycles. The summed E-state index contributed by atoms with van der Waals surface area (Å²) in [6.45, 7) is 5.54. The first-order chi connectivity index (χ1) is 24.1. The molecule has 2 amide bonds. The minimum absolute atomic E-state index is 0.214. The highest BCUT2D eigenvalue weighted by Crippen LogP contribution is 2.50. The third-order valence-corrected chi connectivity index (χ3v) is 9.28. The zero-order valence-corrected chi connectivity index (χ0v) is 30.2. The molecule has 0 fully saturated rings. The zero-order valence-electron chi connectivity index (χ0n) is 29.4. The summed E-state index contributed by atoms with van der Waals surface area (Å²) in [6.07, 6.45) is 3.57. The van der Waals surface area contributed by atoms with Crippen LogP contribution in [0, 0.1) is 0 Å². The number of fused-ring (bicyclic) bond motifs is 3. The van der Waals surface area contributed by atoms with E-state index in [1.807, 2.05) is 44.4 Å². The number of benzene rings is 2. The van der Waals surface area contributed by atoms with Gasteiger partial charge in [-0.2, -0.15) is 16.9 Å². The number of H-pyrrole nitrogens is 1. The van der Waals surface area contributed by atoms with E-state index in [0.29, 0.717) is 64.9 Å². The standard InChI is InChI=1S/C37H44N6O6S/c1-20(2)35-41-36(43-42-35)22-8-11-24(12-9-22)39-37(46)29(16-17-50-7)40-28-15-13-25-26(19-30(28)45)27(38-21(3)44)14-10-23-18-31(47-4)33(48-5)34(49-6)32(23)25/h8-9,11-13,15,18-20,27,29H,10,14,16-17H2,1-7H3,(H,38,44)(H,39,46)(H,40,45)(H,41,42,43). The zero-order chi connectivity index (χ0) is 35.9. The van der Waals surface area contributed by atoms with Gasteiger partial charge in [-0.15, -0.1) is 0 Å². The third-order valence-electron chi connectivity index (χ3n) is 8.63. The molecular formula is C37H44N6O6S. The van der Waals surface area contributed by atoms with Crippen LogP contribution in [0.1, 0.15) is 62.5 Å². The average molecular weight is 701 g/mol. The van der Waals surface area contributed by atoms with Crippen molar-refractivity contribution in [1.29, 1.82) is 0 Å². The Morgan fingerprint density at radius 1 is 1.02 bits per heavy atom. The fourth-order valence-corrected chi connectivity index (χ4v) is 6.58. The molecule has 0 saturated heterocycles. The number of thioether (sulfide) groups is 1. The summed E-state index contributed by atoms with van der Waals surface area (Å²) in [7, 11) is 4.66. The first kappa shape index (κ1) is 36.2. The summed E-state index contributed by atoms with van der Waals surface area (Å²) >= 11 is 1.61. The summed E-state index contributed by atoms with van der Waals surface area (Å²) in [4.78, 5) is 44.5. The lowest BCUT2D eigenvalue weighted by Crippen LogP contribution is -2.36. The lowest BCUT2D eigenvalue weighted by molar-refractivity contribution is -0.120. The van der Waals surface area contributed by atoms with Crippen LogP contribution in [-0.2, 0) is 16.0 Å². The van der Waals surface area contributed by atoms with Gasteiger partial charge < -0.3 is 30.2 Å². The molecule has 0 bridgehead atoms. The van der Waals surface area contributed by atoms with Crippen molar-refractivity contribution in [1.82, 2.24) is 20.5 Å². The minimum Gasteiger partial charge on any atom is -0.493 e. The Balaban J connectivity index is 1.49. The number of aromatic amines is 1. The van der Waals surface area contributed by atoms with Gasteiger partial charge in [-0.1, -0.05) is 19.9 Å². The van der Waals surface area contributed by atoms with Crippen LogP contribution in [0.4, 0.5) is 11.4 Å². The van der Waals surface area contributed by atoms with Crippen LogP contribution in [0.15, 0.2) is 53.3 Å². The molecule has 3 aromatic carbocycles. The lowest BCUT2D eigenvalue weighted by Gasteiger charge is -2.19. The van der Waals surface area contributed by atoms with Crippen LogP contribution in [0.3, 0.4) is 0 Å². The predicted molar refractivity (Wildman–Crippen MR) is 198 cm³/mol. The normalized spacial score (nSPS) is 14.1. The highest BCUT2D eigenvalue weighted by Gasteiger charge is 2.30. The van der Waals surface area contributed by atoms with Gasteiger partial charge in [-0.25, -0.2) is 4.98 Å². The van der Waals surface area contributed by atoms with E-state index in [2.05, 4.69) is 31.1 Å². The number of nitrogens with zero attached hydrogens (tertiary/aromatic N) is 2. The minimum atomic E-state index is -0.712. The largest absolute Gasteiger partial charge is 0.493 e. The Morgan fingerprint density at radius 2 is 1.76 bits per heavy atom. The van der Waals surface area contributed by atoms with Gasteiger partial charge in [-0.05, 0) is 90.4 Å². The van der Waals surface area contributed by atoms with E-state index in [-0.39, 0.29) is 28.8 Å². The van der Waals surface area contributed by atoms with Crippen LogP contribution >= 0.6 is 11.8 Å². The van der Waals surface area contributed by atoms with Gasteiger partial charge in [0, 0.05) is 29.7 Å². The number of aryl methyl sites for hydroxylation is 1. The van der Waals surface area contributed by atoms with E-state index in [9.17, 15) is 14.4 Å². The molecule has 13 heteroatoms. The topological polar surface area (TPSA) is 157 Å². The van der Waals surface area contributed by atoms with Crippen molar-refractivity contribution in [2.24, 2.45) is 0 Å². The fourth-order valence-electron chi connectivity index (χ4n) is 6.11. The second-order valence-electron chi connectivity index (χ2n) is 12.3. The number of aromatic nitrogens is 3. The summed E-state index contributed by atoms with van der Waals surface area (Å²) < 4.78 is 17.2. The molecule has 4 aromatic rings. The molecule has 0 radical (unpaired) electrons. The summed E-state index contributed by atoms with van der Waals surface area (Å²) in [6, 6.07) is 13.1. The van der Waals surface area contributed by atoms with Gasteiger partial charge in [0.05, 0.1) is 33.1 Å². The Kier molecular flexibility index (Phi) is 11.7. The van der Waals surface area contributed by atoms with Crippen LogP contribution in [0.2, 0.25) is 0 Å². The smallest absolute Gasteiger partial charge is 0.246 e. The number of ether oxygens (including phenoxy) is 3. The number of anilines is 2. The monoisotopic (exact) mass is 700 g/mol. The molecule has 0 spiro atoms.